The van der Waals surface area contributed by atoms with E-state index < -0.39 is 185 Å². The summed E-state index contributed by atoms with van der Waals surface area (Å²) in [5, 5.41) is 159. The second-order valence-electron chi connectivity index (χ2n) is 26.8. The number of carbonyl (C=O) groups is 2. The Morgan fingerprint density at radius 3 is 1.30 bits per heavy atom. The molecule has 26 heteroatoms. The van der Waals surface area contributed by atoms with Crippen LogP contribution in [-0.4, -0.2) is 257 Å². The van der Waals surface area contributed by atoms with E-state index in [9.17, 15) is 81.1 Å². The van der Waals surface area contributed by atoms with Crippen LogP contribution in [0.2, 0.25) is 0 Å². The van der Waals surface area contributed by atoms with Crippen LogP contribution in [0.25, 0.3) is 0 Å². The van der Waals surface area contributed by atoms with Crippen molar-refractivity contribution in [1.82, 2.24) is 10.6 Å². The smallest absolute Gasteiger partial charge is 0.249 e. The molecule has 16 N–H and O–H groups in total. The molecule has 0 aromatic carbocycles. The van der Waals surface area contributed by atoms with E-state index in [2.05, 4.69) is 24.5 Å². The Morgan fingerprint density at radius 1 is 0.441 bits per heavy atom. The van der Waals surface area contributed by atoms with E-state index in [1.807, 2.05) is 0 Å². The van der Waals surface area contributed by atoms with Crippen LogP contribution < -0.4 is 10.6 Å². The molecule has 2 amide bonds. The molecule has 0 radical (unpaired) electrons. The van der Waals surface area contributed by atoms with Gasteiger partial charge in [-0.25, -0.2) is 0 Å². The molecule has 0 spiro atoms. The van der Waals surface area contributed by atoms with Crippen molar-refractivity contribution < 1.29 is 119 Å². The number of unbranched alkanes of at least 4 members (excludes halogenated alkanes) is 29. The lowest BCUT2D eigenvalue weighted by Gasteiger charge is -2.47. The van der Waals surface area contributed by atoms with Crippen molar-refractivity contribution >= 4 is 11.8 Å². The normalized spacial score (nSPS) is 32.5. The van der Waals surface area contributed by atoms with E-state index in [-0.39, 0.29) is 12.8 Å². The zero-order valence-electron chi connectivity index (χ0n) is 56.4. The lowest BCUT2D eigenvalue weighted by Crippen LogP contribution is -2.66. The second-order valence-corrected chi connectivity index (χ2v) is 26.8. The standard InChI is InChI=1S/C67H126N2O24/c1-5-7-9-11-13-15-17-19-20-21-22-23-24-25-27-29-31-33-35-37-46(74)63(85)69-44(51(75)45(73)36-34-32-30-28-26-18-16-14-12-10-8-6-2)39-86-67-62(57(81)52(76)47(38-70)89-67)93-66-59(83)56(80)54(78)49(91-66)40-87-64-50(68-43(4)72)55(79)53(77)48(90-64)41-88-65-60(84)58(82)61(92-65)42(3)71/h42,44-62,64-67,70-71,73-84H,5-41H2,1-4H3,(H,68,72)(H,69,85)/t42-,44-,45+,46+,47+,48+,49+,50+,51-,52-,53-,54-,55+,56-,57-,58-,59+,60-,61+,62+,64+,65-,66+,67-/m0/s1. The van der Waals surface area contributed by atoms with Crippen LogP contribution in [0.15, 0.2) is 0 Å². The molecule has 4 aliphatic rings. The second kappa shape index (κ2) is 47.2. The molecule has 4 saturated heterocycles. The van der Waals surface area contributed by atoms with Crippen molar-refractivity contribution in [2.24, 2.45) is 0 Å². The van der Waals surface area contributed by atoms with Crippen molar-refractivity contribution in [1.29, 1.82) is 0 Å². The molecule has 0 aromatic rings. The maximum Gasteiger partial charge on any atom is 0.249 e. The van der Waals surface area contributed by atoms with Gasteiger partial charge in [0.1, 0.15) is 104 Å². The molecule has 4 fully saturated rings. The van der Waals surface area contributed by atoms with Gasteiger partial charge in [-0.15, -0.1) is 0 Å². The molecular formula is C67H126N2O24. The fourth-order valence-corrected chi connectivity index (χ4v) is 12.7. The SMILES string of the molecule is CCCCCCCCCCCCCCCCCCCCC[C@@H](O)C(=O)N[C@@H](CO[C@H]1O[C@H](CO)[C@H](O)[C@H](O)[C@H]1O[C@H]1O[C@H](CO[C@@H]2O[C@H](CO[C@H]3O[C@H]([C@H](C)O)[C@@H](O)[C@@H]3O)[C@H](O)[C@H](O)[C@H]2NC(C)=O)[C@H](O)[C@H](O)[C@H]1O)[C@H](O)[C@H](O)CCCCCCCCCCCCCC. The minimum atomic E-state index is -2.09. The predicted molar refractivity (Wildman–Crippen MR) is 341 cm³/mol. The molecule has 0 aliphatic carbocycles. The maximum atomic E-state index is 13.7. The zero-order valence-corrected chi connectivity index (χ0v) is 56.4. The van der Waals surface area contributed by atoms with Crippen LogP contribution in [0.3, 0.4) is 0 Å². The minimum Gasteiger partial charge on any atom is -0.394 e. The molecule has 4 rings (SSSR count). The Balaban J connectivity index is 1.38. The summed E-state index contributed by atoms with van der Waals surface area (Å²) in [7, 11) is 0. The van der Waals surface area contributed by atoms with E-state index >= 15 is 0 Å². The summed E-state index contributed by atoms with van der Waals surface area (Å²) in [6.07, 6.45) is -1.14. The van der Waals surface area contributed by atoms with Crippen molar-refractivity contribution in [2.75, 3.05) is 26.4 Å². The third-order valence-corrected chi connectivity index (χ3v) is 18.7. The van der Waals surface area contributed by atoms with Gasteiger partial charge in [0, 0.05) is 6.92 Å². The maximum absolute atomic E-state index is 13.7. The number of hydrogen-bond acceptors (Lipinski definition) is 24. The Kier molecular flexibility index (Phi) is 42.3. The third-order valence-electron chi connectivity index (χ3n) is 18.7. The van der Waals surface area contributed by atoms with Crippen LogP contribution in [0, 0.1) is 0 Å². The molecule has 0 bridgehead atoms. The molecule has 24 atom stereocenters. The monoisotopic (exact) mass is 1340 g/mol. The summed E-state index contributed by atoms with van der Waals surface area (Å²) in [6.45, 7) is 3.98. The Morgan fingerprint density at radius 2 is 0.849 bits per heavy atom. The molecule has 548 valence electrons. The number of carbonyl (C=O) groups excluding carboxylic acids is 2. The third kappa shape index (κ3) is 29.4. The van der Waals surface area contributed by atoms with Crippen molar-refractivity contribution in [3.05, 3.63) is 0 Å². The molecule has 0 aromatic heterocycles. The summed E-state index contributed by atoms with van der Waals surface area (Å²) in [6, 6.07) is -2.91. The van der Waals surface area contributed by atoms with Gasteiger partial charge in [-0.3, -0.25) is 9.59 Å². The summed E-state index contributed by atoms with van der Waals surface area (Å²) in [4.78, 5) is 26.0. The molecular weight excluding hydrogens is 1220 g/mol. The van der Waals surface area contributed by atoms with Gasteiger partial charge < -0.3 is 120 Å². The topological polar surface area (TPSA) is 415 Å². The number of hydrogen-bond donors (Lipinski definition) is 16. The molecule has 0 unspecified atom stereocenters. The highest BCUT2D eigenvalue weighted by molar-refractivity contribution is 5.80. The van der Waals surface area contributed by atoms with E-state index in [0.29, 0.717) is 12.8 Å². The van der Waals surface area contributed by atoms with Gasteiger partial charge >= 0.3 is 0 Å². The highest BCUT2D eigenvalue weighted by atomic mass is 16.8. The van der Waals surface area contributed by atoms with Gasteiger partial charge in [-0.1, -0.05) is 213 Å². The Bertz CT molecular complexity index is 1920. The average Bonchev–Trinajstić information content (AvgIpc) is 1.34. The lowest BCUT2D eigenvalue weighted by molar-refractivity contribution is -0.371. The quantitative estimate of drug-likeness (QED) is 0.0389. The number of ether oxygens (including phenoxy) is 8. The number of aliphatic hydroxyl groups is 14. The van der Waals surface area contributed by atoms with Gasteiger partial charge in [-0.05, 0) is 19.8 Å². The highest BCUT2D eigenvalue weighted by Crippen LogP contribution is 2.33. The molecule has 4 heterocycles. The first-order valence-corrected chi connectivity index (χ1v) is 35.8. The Labute approximate surface area is 552 Å². The first-order valence-electron chi connectivity index (χ1n) is 35.8. The fourth-order valence-electron chi connectivity index (χ4n) is 12.7. The van der Waals surface area contributed by atoms with E-state index in [1.54, 1.807) is 0 Å². The number of rotatable bonds is 51. The average molecular weight is 1340 g/mol. The largest absolute Gasteiger partial charge is 0.394 e. The number of nitrogens with one attached hydrogen (secondary N) is 2. The lowest BCUT2D eigenvalue weighted by atomic mass is 9.96. The zero-order chi connectivity index (χ0) is 68.2. The first kappa shape index (κ1) is 83.5. The molecule has 93 heavy (non-hydrogen) atoms. The van der Waals surface area contributed by atoms with E-state index in [1.165, 1.54) is 135 Å². The van der Waals surface area contributed by atoms with Gasteiger partial charge in [0.25, 0.3) is 0 Å². The van der Waals surface area contributed by atoms with Crippen molar-refractivity contribution in [3.8, 4) is 0 Å². The fraction of sp³-hybridized carbons (Fsp3) is 0.970. The molecule has 26 nitrogen and oxygen atoms in total. The predicted octanol–water partition coefficient (Wildman–Crippen LogP) is 2.93. The Hall–Kier alpha value is -1.94. The van der Waals surface area contributed by atoms with Crippen molar-refractivity contribution in [3.63, 3.8) is 0 Å². The van der Waals surface area contributed by atoms with E-state index in [0.717, 1.165) is 64.7 Å². The number of aliphatic hydroxyl groups excluding tert-OH is 14. The van der Waals surface area contributed by atoms with Crippen LogP contribution >= 0.6 is 0 Å². The van der Waals surface area contributed by atoms with Gasteiger partial charge in [0.05, 0.1) is 44.7 Å². The van der Waals surface area contributed by atoms with Crippen LogP contribution in [-0.2, 0) is 47.5 Å². The van der Waals surface area contributed by atoms with Crippen LogP contribution in [0.1, 0.15) is 240 Å². The summed E-state index contributed by atoms with van der Waals surface area (Å²) in [5.41, 5.74) is 0. The highest BCUT2D eigenvalue weighted by Gasteiger charge is 2.53. The van der Waals surface area contributed by atoms with Gasteiger partial charge in [-0.2, -0.15) is 0 Å². The van der Waals surface area contributed by atoms with Gasteiger partial charge in [0.2, 0.25) is 11.8 Å². The van der Waals surface area contributed by atoms with E-state index in [4.69, 9.17) is 37.9 Å². The summed E-state index contributed by atoms with van der Waals surface area (Å²) < 4.78 is 46.7. The van der Waals surface area contributed by atoms with Crippen LogP contribution in [0.5, 0.6) is 0 Å². The summed E-state index contributed by atoms with van der Waals surface area (Å²) >= 11 is 0. The molecule has 4 aliphatic heterocycles. The number of amides is 2. The van der Waals surface area contributed by atoms with Crippen molar-refractivity contribution in [2.45, 2.75) is 387 Å². The summed E-state index contributed by atoms with van der Waals surface area (Å²) in [5.74, 6) is -1.53. The minimum absolute atomic E-state index is 0.126. The first-order chi connectivity index (χ1) is 44.7. The van der Waals surface area contributed by atoms with Gasteiger partial charge in [0.15, 0.2) is 25.2 Å². The van der Waals surface area contributed by atoms with Crippen LogP contribution in [0.4, 0.5) is 0 Å². The molecule has 0 saturated carbocycles.